The fourth-order valence-corrected chi connectivity index (χ4v) is 7.89. The molecule has 170 valence electrons. The van der Waals surface area contributed by atoms with Gasteiger partial charge in [-0.25, -0.2) is 21.6 Å². The quantitative estimate of drug-likeness (QED) is 0.527. The molecule has 1 saturated heterocycles. The highest BCUT2D eigenvalue weighted by Crippen LogP contribution is 2.36. The lowest BCUT2D eigenvalue weighted by Crippen LogP contribution is -2.47. The standard InChI is InChI=1S/C24H27NO4S3/c1-17(2)32(28,29)25-23-4-3-15-31(26,27)24(23)21-11-9-19(10-12-21)18-5-7-20(8-6-18)22-13-14-30-16-22/h5-14,16-17,23-25H,3-4,15H2,1-2H3. The third kappa shape index (κ3) is 4.83. The van der Waals surface area contributed by atoms with E-state index in [-0.39, 0.29) is 5.75 Å². The van der Waals surface area contributed by atoms with Gasteiger partial charge in [0, 0.05) is 6.04 Å². The fraction of sp³-hybridized carbons (Fsp3) is 0.333. The van der Waals surface area contributed by atoms with Crippen LogP contribution >= 0.6 is 11.3 Å². The first-order valence-electron chi connectivity index (χ1n) is 10.6. The molecule has 3 aromatic rings. The summed E-state index contributed by atoms with van der Waals surface area (Å²) in [5, 5.41) is 2.67. The van der Waals surface area contributed by atoms with Crippen molar-refractivity contribution in [3.8, 4) is 22.3 Å². The summed E-state index contributed by atoms with van der Waals surface area (Å²) in [6, 6.07) is 17.1. The number of rotatable bonds is 6. The Balaban J connectivity index is 1.61. The fourth-order valence-electron chi connectivity index (χ4n) is 4.09. The minimum atomic E-state index is -3.58. The number of thiophene rings is 1. The second-order valence-corrected chi connectivity index (χ2v) is 13.7. The lowest BCUT2D eigenvalue weighted by molar-refractivity contribution is 0.469. The van der Waals surface area contributed by atoms with Gasteiger partial charge in [-0.1, -0.05) is 48.5 Å². The Morgan fingerprint density at radius 1 is 0.906 bits per heavy atom. The van der Waals surface area contributed by atoms with E-state index in [9.17, 15) is 16.8 Å². The Labute approximate surface area is 194 Å². The molecule has 2 heterocycles. The van der Waals surface area contributed by atoms with E-state index >= 15 is 0 Å². The van der Waals surface area contributed by atoms with Crippen molar-refractivity contribution in [3.63, 3.8) is 0 Å². The molecular formula is C24H27NO4S3. The number of nitrogens with one attached hydrogen (secondary N) is 1. The summed E-state index contributed by atoms with van der Waals surface area (Å²) in [6.07, 6.45) is 0.959. The average molecular weight is 490 g/mol. The number of sulfone groups is 1. The van der Waals surface area contributed by atoms with Crippen molar-refractivity contribution in [3.05, 3.63) is 70.9 Å². The third-order valence-corrected chi connectivity index (χ3v) is 10.7. The van der Waals surface area contributed by atoms with E-state index in [0.717, 1.165) is 16.7 Å². The molecule has 1 aliphatic heterocycles. The van der Waals surface area contributed by atoms with Gasteiger partial charge < -0.3 is 0 Å². The number of hydrogen-bond donors (Lipinski definition) is 1. The molecule has 1 aliphatic rings. The largest absolute Gasteiger partial charge is 0.228 e. The second-order valence-electron chi connectivity index (χ2n) is 8.46. The molecule has 0 spiro atoms. The van der Waals surface area contributed by atoms with Gasteiger partial charge in [-0.3, -0.25) is 0 Å². The molecule has 1 N–H and O–H groups in total. The molecule has 0 radical (unpaired) electrons. The van der Waals surface area contributed by atoms with Crippen LogP contribution in [0.4, 0.5) is 0 Å². The zero-order chi connectivity index (χ0) is 22.9. The summed E-state index contributed by atoms with van der Waals surface area (Å²) in [6.45, 7) is 3.18. The van der Waals surface area contributed by atoms with E-state index in [2.05, 4.69) is 45.8 Å². The van der Waals surface area contributed by atoms with Crippen molar-refractivity contribution in [1.29, 1.82) is 0 Å². The molecule has 2 aromatic carbocycles. The Bertz CT molecular complexity index is 1260. The van der Waals surface area contributed by atoms with E-state index in [4.69, 9.17) is 0 Å². The molecule has 8 heteroatoms. The summed E-state index contributed by atoms with van der Waals surface area (Å²) in [7, 11) is -7.03. The first-order valence-corrected chi connectivity index (χ1v) is 14.8. The van der Waals surface area contributed by atoms with E-state index in [1.807, 2.05) is 24.3 Å². The van der Waals surface area contributed by atoms with Gasteiger partial charge in [0.2, 0.25) is 10.0 Å². The number of hydrogen-bond acceptors (Lipinski definition) is 5. The summed E-state index contributed by atoms with van der Waals surface area (Å²) >= 11 is 1.66. The zero-order valence-corrected chi connectivity index (χ0v) is 20.5. The van der Waals surface area contributed by atoms with E-state index in [1.54, 1.807) is 25.2 Å². The molecule has 2 unspecified atom stereocenters. The molecule has 5 nitrogen and oxygen atoms in total. The van der Waals surface area contributed by atoms with Crippen molar-refractivity contribution in [2.75, 3.05) is 5.75 Å². The van der Waals surface area contributed by atoms with E-state index < -0.39 is 36.4 Å². The van der Waals surface area contributed by atoms with Gasteiger partial charge in [0.1, 0.15) is 5.25 Å². The number of benzene rings is 2. The topological polar surface area (TPSA) is 80.3 Å². The van der Waals surface area contributed by atoms with E-state index in [0.29, 0.717) is 18.4 Å². The smallest absolute Gasteiger partial charge is 0.214 e. The van der Waals surface area contributed by atoms with Crippen LogP contribution in [-0.2, 0) is 19.9 Å². The normalized spacial score (nSPS) is 21.0. The minimum Gasteiger partial charge on any atom is -0.228 e. The summed E-state index contributed by atoms with van der Waals surface area (Å²) in [4.78, 5) is 0. The zero-order valence-electron chi connectivity index (χ0n) is 18.1. The van der Waals surface area contributed by atoms with Crippen molar-refractivity contribution >= 4 is 31.2 Å². The molecule has 0 amide bonds. The van der Waals surface area contributed by atoms with Crippen LogP contribution in [0.5, 0.6) is 0 Å². The van der Waals surface area contributed by atoms with Gasteiger partial charge in [-0.05, 0) is 71.3 Å². The van der Waals surface area contributed by atoms with Crippen LogP contribution in [0.15, 0.2) is 65.4 Å². The summed E-state index contributed by atoms with van der Waals surface area (Å²) < 4.78 is 53.4. The van der Waals surface area contributed by atoms with Gasteiger partial charge in [0.05, 0.1) is 11.0 Å². The highest BCUT2D eigenvalue weighted by Gasteiger charge is 2.40. The summed E-state index contributed by atoms with van der Waals surface area (Å²) in [5.41, 5.74) is 4.99. The predicted octanol–water partition coefficient (Wildman–Crippen LogP) is 5.03. The Hall–Kier alpha value is -2.00. The van der Waals surface area contributed by atoms with Gasteiger partial charge in [0.15, 0.2) is 9.84 Å². The Morgan fingerprint density at radius 3 is 2.00 bits per heavy atom. The van der Waals surface area contributed by atoms with Crippen LogP contribution < -0.4 is 4.72 Å². The first kappa shape index (κ1) is 23.2. The van der Waals surface area contributed by atoms with Gasteiger partial charge in [-0.15, -0.1) is 0 Å². The van der Waals surface area contributed by atoms with Crippen LogP contribution in [0.3, 0.4) is 0 Å². The maximum absolute atomic E-state index is 12.9. The van der Waals surface area contributed by atoms with Crippen molar-refractivity contribution < 1.29 is 16.8 Å². The summed E-state index contributed by atoms with van der Waals surface area (Å²) in [5.74, 6) is 0.0728. The average Bonchev–Trinajstić information content (AvgIpc) is 3.28. The molecular weight excluding hydrogens is 462 g/mol. The minimum absolute atomic E-state index is 0.0728. The van der Waals surface area contributed by atoms with E-state index in [1.165, 1.54) is 5.56 Å². The molecule has 1 fully saturated rings. The molecule has 4 rings (SSSR count). The molecule has 1 aromatic heterocycles. The van der Waals surface area contributed by atoms with Crippen molar-refractivity contribution in [2.24, 2.45) is 0 Å². The van der Waals surface area contributed by atoms with Crippen molar-refractivity contribution in [1.82, 2.24) is 4.72 Å². The van der Waals surface area contributed by atoms with Gasteiger partial charge in [0.25, 0.3) is 0 Å². The maximum Gasteiger partial charge on any atom is 0.214 e. The van der Waals surface area contributed by atoms with Crippen LogP contribution in [-0.4, -0.2) is 33.9 Å². The first-order chi connectivity index (χ1) is 15.2. The van der Waals surface area contributed by atoms with Gasteiger partial charge >= 0.3 is 0 Å². The third-order valence-electron chi connectivity index (χ3n) is 5.94. The molecule has 0 bridgehead atoms. The second kappa shape index (κ2) is 9.09. The Kier molecular flexibility index (Phi) is 6.58. The highest BCUT2D eigenvalue weighted by atomic mass is 32.2. The number of sulfonamides is 1. The lowest BCUT2D eigenvalue weighted by Gasteiger charge is -2.32. The van der Waals surface area contributed by atoms with Gasteiger partial charge in [-0.2, -0.15) is 11.3 Å². The molecule has 0 saturated carbocycles. The molecule has 0 aliphatic carbocycles. The Morgan fingerprint density at radius 2 is 1.47 bits per heavy atom. The van der Waals surface area contributed by atoms with Crippen LogP contribution in [0.25, 0.3) is 22.3 Å². The lowest BCUT2D eigenvalue weighted by atomic mass is 9.97. The highest BCUT2D eigenvalue weighted by molar-refractivity contribution is 7.92. The van der Waals surface area contributed by atoms with Crippen molar-refractivity contribution in [2.45, 2.75) is 43.2 Å². The van der Waals surface area contributed by atoms with Crippen LogP contribution in [0.2, 0.25) is 0 Å². The molecule has 2 atom stereocenters. The van der Waals surface area contributed by atoms with Crippen LogP contribution in [0, 0.1) is 0 Å². The monoisotopic (exact) mass is 489 g/mol. The van der Waals surface area contributed by atoms with Crippen LogP contribution in [0.1, 0.15) is 37.5 Å². The molecule has 32 heavy (non-hydrogen) atoms. The SMILES string of the molecule is CC(C)S(=O)(=O)NC1CCCS(=O)(=O)C1c1ccc(-c2ccc(-c3ccsc3)cc2)cc1. The maximum atomic E-state index is 12.9. The predicted molar refractivity (Wildman–Crippen MR) is 132 cm³/mol.